The van der Waals surface area contributed by atoms with E-state index in [-0.39, 0.29) is 12.4 Å². The van der Waals surface area contributed by atoms with E-state index in [1.807, 2.05) is 0 Å². The van der Waals surface area contributed by atoms with E-state index in [0.29, 0.717) is 0 Å². The lowest BCUT2D eigenvalue weighted by Gasteiger charge is -2.13. The summed E-state index contributed by atoms with van der Waals surface area (Å²) in [4.78, 5) is 43.7. The molecule has 1 unspecified atom stereocenters. The van der Waals surface area contributed by atoms with Crippen molar-refractivity contribution < 1.29 is 38.1 Å². The number of carbonyl (C=O) groups is 4. The molecule has 0 saturated heterocycles. The van der Waals surface area contributed by atoms with Gasteiger partial charge in [0.15, 0.2) is 6.61 Å². The highest BCUT2D eigenvalue weighted by atomic mass is 16.7. The molecule has 1 atom stereocenters. The highest BCUT2D eigenvalue weighted by molar-refractivity contribution is 5.94. The standard InChI is InChI=1S/C11H16O8/c1-7(12)4-9(13)17-6-11(15)19-8(2)18-10(14)5-16-3/h8H,4-6H2,1-3H3. The molecular formula is C11H16O8. The minimum atomic E-state index is -1.12. The predicted molar refractivity (Wildman–Crippen MR) is 59.8 cm³/mol. The Hall–Kier alpha value is -1.96. The molecule has 0 spiro atoms. The van der Waals surface area contributed by atoms with Crippen LogP contribution in [0.25, 0.3) is 0 Å². The van der Waals surface area contributed by atoms with Crippen LogP contribution in [0.5, 0.6) is 0 Å². The minimum absolute atomic E-state index is 0.268. The zero-order valence-electron chi connectivity index (χ0n) is 11.0. The van der Waals surface area contributed by atoms with E-state index in [1.54, 1.807) is 0 Å². The second kappa shape index (κ2) is 9.03. The number of rotatable bonds is 8. The third-order valence-corrected chi connectivity index (χ3v) is 1.60. The fourth-order valence-electron chi connectivity index (χ4n) is 0.974. The summed E-state index contributed by atoms with van der Waals surface area (Å²) in [6, 6.07) is 0. The van der Waals surface area contributed by atoms with Crippen LogP contribution in [-0.2, 0) is 38.1 Å². The van der Waals surface area contributed by atoms with Gasteiger partial charge in [-0.2, -0.15) is 0 Å². The summed E-state index contributed by atoms with van der Waals surface area (Å²) < 4.78 is 18.2. The maximum absolute atomic E-state index is 11.2. The zero-order valence-corrected chi connectivity index (χ0v) is 11.0. The average molecular weight is 276 g/mol. The van der Waals surface area contributed by atoms with Gasteiger partial charge < -0.3 is 18.9 Å². The zero-order chi connectivity index (χ0) is 14.8. The van der Waals surface area contributed by atoms with Gasteiger partial charge >= 0.3 is 17.9 Å². The molecule has 108 valence electrons. The monoisotopic (exact) mass is 276 g/mol. The van der Waals surface area contributed by atoms with Crippen molar-refractivity contribution in [2.24, 2.45) is 0 Å². The van der Waals surface area contributed by atoms with Crippen LogP contribution in [0.3, 0.4) is 0 Å². The van der Waals surface area contributed by atoms with Gasteiger partial charge in [0.1, 0.15) is 18.8 Å². The molecule has 0 aliphatic carbocycles. The molecular weight excluding hydrogens is 260 g/mol. The van der Waals surface area contributed by atoms with Crippen molar-refractivity contribution in [2.45, 2.75) is 26.6 Å². The summed E-state index contributed by atoms with van der Waals surface area (Å²) in [7, 11) is 1.31. The van der Waals surface area contributed by atoms with E-state index in [0.717, 1.165) is 0 Å². The molecule has 0 radical (unpaired) electrons. The van der Waals surface area contributed by atoms with Crippen LogP contribution >= 0.6 is 0 Å². The molecule has 19 heavy (non-hydrogen) atoms. The van der Waals surface area contributed by atoms with Gasteiger partial charge in [0, 0.05) is 14.0 Å². The summed E-state index contributed by atoms with van der Waals surface area (Å²) >= 11 is 0. The van der Waals surface area contributed by atoms with Gasteiger partial charge in [-0.05, 0) is 6.92 Å². The van der Waals surface area contributed by atoms with Gasteiger partial charge in [-0.15, -0.1) is 0 Å². The molecule has 0 saturated carbocycles. The van der Waals surface area contributed by atoms with Crippen molar-refractivity contribution in [3.8, 4) is 0 Å². The van der Waals surface area contributed by atoms with E-state index in [9.17, 15) is 19.2 Å². The first-order valence-electron chi connectivity index (χ1n) is 5.38. The van der Waals surface area contributed by atoms with Crippen molar-refractivity contribution in [1.29, 1.82) is 0 Å². The van der Waals surface area contributed by atoms with Gasteiger partial charge in [-0.25, -0.2) is 9.59 Å². The van der Waals surface area contributed by atoms with Crippen LogP contribution in [0.15, 0.2) is 0 Å². The lowest BCUT2D eigenvalue weighted by atomic mass is 10.3. The van der Waals surface area contributed by atoms with Gasteiger partial charge in [-0.3, -0.25) is 9.59 Å². The smallest absolute Gasteiger partial charge is 0.347 e. The number of esters is 3. The normalized spacial score (nSPS) is 11.3. The van der Waals surface area contributed by atoms with Crippen LogP contribution in [0, 0.1) is 0 Å². The molecule has 8 heteroatoms. The number of hydrogen-bond donors (Lipinski definition) is 0. The molecule has 0 aliphatic rings. The number of hydrogen-bond acceptors (Lipinski definition) is 8. The van der Waals surface area contributed by atoms with Gasteiger partial charge in [0.2, 0.25) is 6.29 Å². The number of ketones is 1. The number of carbonyl (C=O) groups excluding carboxylic acids is 4. The number of methoxy groups -OCH3 is 1. The highest BCUT2D eigenvalue weighted by Gasteiger charge is 2.16. The predicted octanol–water partition coefficient (Wildman–Crippen LogP) is -0.412. The molecule has 0 rings (SSSR count). The fourth-order valence-corrected chi connectivity index (χ4v) is 0.974. The summed E-state index contributed by atoms with van der Waals surface area (Å²) in [5.74, 6) is -2.79. The quantitative estimate of drug-likeness (QED) is 0.334. The van der Waals surface area contributed by atoms with Crippen LogP contribution in [0.4, 0.5) is 0 Å². The Labute approximate surface area is 109 Å². The number of ether oxygens (including phenoxy) is 4. The Morgan fingerprint density at radius 2 is 1.47 bits per heavy atom. The Morgan fingerprint density at radius 1 is 0.947 bits per heavy atom. The molecule has 0 fully saturated rings. The van der Waals surface area contributed by atoms with E-state index >= 15 is 0 Å². The fraction of sp³-hybridized carbons (Fsp3) is 0.636. The van der Waals surface area contributed by atoms with Crippen molar-refractivity contribution in [2.75, 3.05) is 20.3 Å². The van der Waals surface area contributed by atoms with Crippen molar-refractivity contribution in [1.82, 2.24) is 0 Å². The van der Waals surface area contributed by atoms with Crippen LogP contribution in [0.2, 0.25) is 0 Å². The van der Waals surface area contributed by atoms with Crippen LogP contribution < -0.4 is 0 Å². The van der Waals surface area contributed by atoms with Gasteiger partial charge in [0.25, 0.3) is 0 Å². The van der Waals surface area contributed by atoms with Crippen molar-refractivity contribution in [3.05, 3.63) is 0 Å². The molecule has 0 aromatic rings. The largest absolute Gasteiger partial charge is 0.453 e. The van der Waals surface area contributed by atoms with Crippen LogP contribution in [-0.4, -0.2) is 50.3 Å². The SMILES string of the molecule is COCC(=O)OC(C)OC(=O)COC(=O)CC(C)=O. The highest BCUT2D eigenvalue weighted by Crippen LogP contribution is 1.97. The Kier molecular flexibility index (Phi) is 8.10. The minimum Gasteiger partial charge on any atom is -0.453 e. The van der Waals surface area contributed by atoms with Crippen molar-refractivity contribution >= 4 is 23.7 Å². The molecule has 8 nitrogen and oxygen atoms in total. The maximum atomic E-state index is 11.2. The molecule has 0 aliphatic heterocycles. The van der Waals surface area contributed by atoms with Crippen LogP contribution in [0.1, 0.15) is 20.3 Å². The molecule has 0 heterocycles. The Morgan fingerprint density at radius 3 is 1.95 bits per heavy atom. The van der Waals surface area contributed by atoms with E-state index in [2.05, 4.69) is 18.9 Å². The summed E-state index contributed by atoms with van der Waals surface area (Å²) in [6.07, 6.45) is -1.53. The van der Waals surface area contributed by atoms with Crippen molar-refractivity contribution in [3.63, 3.8) is 0 Å². The first-order valence-corrected chi connectivity index (χ1v) is 5.38. The second-order valence-corrected chi connectivity index (χ2v) is 3.52. The summed E-state index contributed by atoms with van der Waals surface area (Å²) in [6.45, 7) is 1.62. The third kappa shape index (κ3) is 9.72. The first kappa shape index (κ1) is 17.0. The second-order valence-electron chi connectivity index (χ2n) is 3.52. The maximum Gasteiger partial charge on any atom is 0.347 e. The molecule has 0 amide bonds. The van der Waals surface area contributed by atoms with Gasteiger partial charge in [-0.1, -0.05) is 0 Å². The average Bonchev–Trinajstić information content (AvgIpc) is 2.25. The van der Waals surface area contributed by atoms with E-state index in [1.165, 1.54) is 21.0 Å². The summed E-state index contributed by atoms with van der Waals surface area (Å²) in [5.41, 5.74) is 0. The van der Waals surface area contributed by atoms with E-state index in [4.69, 9.17) is 0 Å². The first-order chi connectivity index (χ1) is 8.85. The lowest BCUT2D eigenvalue weighted by molar-refractivity contribution is -0.190. The molecule has 0 aromatic carbocycles. The summed E-state index contributed by atoms with van der Waals surface area (Å²) in [5, 5.41) is 0. The molecule has 0 bridgehead atoms. The Bertz CT molecular complexity index is 349. The van der Waals surface area contributed by atoms with Gasteiger partial charge in [0.05, 0.1) is 0 Å². The Balaban J connectivity index is 3.88. The number of Topliss-reactive ketones (excluding diaryl/α,β-unsaturated/α-hetero) is 1. The lowest BCUT2D eigenvalue weighted by Crippen LogP contribution is -2.26. The molecule has 0 N–H and O–H groups in total. The molecule has 0 aromatic heterocycles. The van der Waals surface area contributed by atoms with E-state index < -0.39 is 37.2 Å². The third-order valence-electron chi connectivity index (χ3n) is 1.60. The topological polar surface area (TPSA) is 105 Å².